The lowest BCUT2D eigenvalue weighted by molar-refractivity contribution is -0.121. The first-order chi connectivity index (χ1) is 12.0. The fraction of sp³-hybridized carbons (Fsp3) is 0.389. The van der Waals surface area contributed by atoms with E-state index in [-0.39, 0.29) is 29.7 Å². The number of hydrogen-bond donors (Lipinski definition) is 1. The number of benzene rings is 1. The van der Waals surface area contributed by atoms with Gasteiger partial charge in [-0.3, -0.25) is 9.59 Å². The lowest BCUT2D eigenvalue weighted by Crippen LogP contribution is -2.45. The number of rotatable bonds is 4. The van der Waals surface area contributed by atoms with Crippen LogP contribution >= 0.6 is 0 Å². The molecule has 1 aliphatic heterocycles. The minimum absolute atomic E-state index is 0.0943. The highest BCUT2D eigenvalue weighted by Gasteiger charge is 2.21. The summed E-state index contributed by atoms with van der Waals surface area (Å²) in [7, 11) is 1.62. The first-order valence-electron chi connectivity index (χ1n) is 8.33. The SMILES string of the molecule is Cn1ncc(N2CCC(NC(=O)Cc3cccc(F)c3)CC2)cc1=O. The highest BCUT2D eigenvalue weighted by atomic mass is 19.1. The van der Waals surface area contributed by atoms with Crippen LogP contribution in [0.2, 0.25) is 0 Å². The van der Waals surface area contributed by atoms with Crippen LogP contribution in [0.4, 0.5) is 10.1 Å². The number of carbonyl (C=O) groups is 1. The molecule has 132 valence electrons. The van der Waals surface area contributed by atoms with Crippen molar-refractivity contribution in [2.75, 3.05) is 18.0 Å². The number of nitrogens with one attached hydrogen (secondary N) is 1. The van der Waals surface area contributed by atoms with E-state index in [4.69, 9.17) is 0 Å². The predicted molar refractivity (Wildman–Crippen MR) is 93.0 cm³/mol. The maximum atomic E-state index is 13.2. The number of anilines is 1. The van der Waals surface area contributed by atoms with Crippen molar-refractivity contribution in [1.82, 2.24) is 15.1 Å². The third kappa shape index (κ3) is 4.43. The van der Waals surface area contributed by atoms with Gasteiger partial charge in [-0.2, -0.15) is 5.10 Å². The van der Waals surface area contributed by atoms with E-state index in [1.165, 1.54) is 16.8 Å². The Bertz CT molecular complexity index is 813. The van der Waals surface area contributed by atoms with E-state index in [0.717, 1.165) is 31.6 Å². The molecular weight excluding hydrogens is 323 g/mol. The summed E-state index contributed by atoms with van der Waals surface area (Å²) in [6.07, 6.45) is 3.45. The van der Waals surface area contributed by atoms with Crippen molar-refractivity contribution in [3.8, 4) is 0 Å². The Morgan fingerprint density at radius 2 is 2.08 bits per heavy atom. The molecule has 0 atom stereocenters. The quantitative estimate of drug-likeness (QED) is 0.906. The van der Waals surface area contributed by atoms with Crippen LogP contribution in [0.5, 0.6) is 0 Å². The molecule has 7 heteroatoms. The van der Waals surface area contributed by atoms with Crippen molar-refractivity contribution in [2.24, 2.45) is 7.05 Å². The van der Waals surface area contributed by atoms with Gasteiger partial charge in [-0.25, -0.2) is 9.07 Å². The van der Waals surface area contributed by atoms with Gasteiger partial charge >= 0.3 is 0 Å². The summed E-state index contributed by atoms with van der Waals surface area (Å²) in [5, 5.41) is 7.05. The normalized spacial score (nSPS) is 15.2. The zero-order valence-electron chi connectivity index (χ0n) is 14.1. The van der Waals surface area contributed by atoms with Crippen LogP contribution in [0.25, 0.3) is 0 Å². The molecule has 0 bridgehead atoms. The average molecular weight is 344 g/mol. The van der Waals surface area contributed by atoms with Gasteiger partial charge in [0.25, 0.3) is 5.56 Å². The maximum absolute atomic E-state index is 13.2. The number of hydrogen-bond acceptors (Lipinski definition) is 4. The molecule has 1 fully saturated rings. The molecule has 1 saturated heterocycles. The Balaban J connectivity index is 1.51. The van der Waals surface area contributed by atoms with Gasteiger partial charge in [0, 0.05) is 32.2 Å². The van der Waals surface area contributed by atoms with E-state index in [1.807, 2.05) is 0 Å². The molecule has 0 saturated carbocycles. The first kappa shape index (κ1) is 17.1. The van der Waals surface area contributed by atoms with E-state index < -0.39 is 0 Å². The molecule has 0 radical (unpaired) electrons. The van der Waals surface area contributed by atoms with Gasteiger partial charge in [0.1, 0.15) is 5.82 Å². The molecule has 3 rings (SSSR count). The number of carbonyl (C=O) groups excluding carboxylic acids is 1. The van der Waals surface area contributed by atoms with Crippen molar-refractivity contribution in [3.63, 3.8) is 0 Å². The molecule has 0 aliphatic carbocycles. The summed E-state index contributed by atoms with van der Waals surface area (Å²) >= 11 is 0. The molecule has 1 N–H and O–H groups in total. The van der Waals surface area contributed by atoms with E-state index in [9.17, 15) is 14.0 Å². The largest absolute Gasteiger partial charge is 0.370 e. The third-order valence-electron chi connectivity index (χ3n) is 4.43. The summed E-state index contributed by atoms with van der Waals surface area (Å²) in [6, 6.07) is 7.77. The molecule has 1 aliphatic rings. The number of halogens is 1. The molecular formula is C18H21FN4O2. The summed E-state index contributed by atoms with van der Waals surface area (Å²) in [5.41, 5.74) is 1.34. The zero-order valence-corrected chi connectivity index (χ0v) is 14.1. The van der Waals surface area contributed by atoms with Gasteiger partial charge in [-0.15, -0.1) is 0 Å². The molecule has 0 unspecified atom stereocenters. The standard InChI is InChI=1S/C18H21FN4O2/c1-22-18(25)11-16(12-20-22)23-7-5-15(6-8-23)21-17(24)10-13-3-2-4-14(19)9-13/h2-4,9,11-12,15H,5-8,10H2,1H3,(H,21,24). The molecule has 1 aromatic carbocycles. The number of nitrogens with zero attached hydrogens (tertiary/aromatic N) is 3. The van der Waals surface area contributed by atoms with Crippen LogP contribution in [0, 0.1) is 5.82 Å². The number of amides is 1. The lowest BCUT2D eigenvalue weighted by Gasteiger charge is -2.33. The monoisotopic (exact) mass is 344 g/mol. The summed E-state index contributed by atoms with van der Waals surface area (Å²) in [6.45, 7) is 1.50. The fourth-order valence-electron chi connectivity index (χ4n) is 3.03. The Morgan fingerprint density at radius 3 is 2.76 bits per heavy atom. The molecule has 2 heterocycles. The maximum Gasteiger partial charge on any atom is 0.268 e. The van der Waals surface area contributed by atoms with Gasteiger partial charge in [0.2, 0.25) is 5.91 Å². The lowest BCUT2D eigenvalue weighted by atomic mass is 10.0. The van der Waals surface area contributed by atoms with Crippen LogP contribution in [-0.4, -0.2) is 34.8 Å². The smallest absolute Gasteiger partial charge is 0.268 e. The second-order valence-electron chi connectivity index (χ2n) is 6.31. The molecule has 25 heavy (non-hydrogen) atoms. The average Bonchev–Trinajstić information content (AvgIpc) is 2.58. The van der Waals surface area contributed by atoms with Crippen LogP contribution in [-0.2, 0) is 18.3 Å². The number of aryl methyl sites for hydroxylation is 1. The molecule has 6 nitrogen and oxygen atoms in total. The van der Waals surface area contributed by atoms with Crippen LogP contribution in [0.15, 0.2) is 41.3 Å². The van der Waals surface area contributed by atoms with Crippen LogP contribution in [0.1, 0.15) is 18.4 Å². The number of piperidine rings is 1. The van der Waals surface area contributed by atoms with E-state index in [2.05, 4.69) is 15.3 Å². The highest BCUT2D eigenvalue weighted by molar-refractivity contribution is 5.78. The van der Waals surface area contributed by atoms with Gasteiger partial charge in [0.15, 0.2) is 0 Å². The van der Waals surface area contributed by atoms with Crippen molar-refractivity contribution < 1.29 is 9.18 Å². The third-order valence-corrected chi connectivity index (χ3v) is 4.43. The van der Waals surface area contributed by atoms with E-state index in [1.54, 1.807) is 31.4 Å². The predicted octanol–water partition coefficient (Wildman–Crippen LogP) is 1.25. The van der Waals surface area contributed by atoms with Gasteiger partial charge < -0.3 is 10.2 Å². The summed E-state index contributed by atoms with van der Waals surface area (Å²) in [5.74, 6) is -0.430. The Labute approximate surface area is 145 Å². The Kier molecular flexibility index (Phi) is 5.11. The minimum atomic E-state index is -0.332. The van der Waals surface area contributed by atoms with Crippen LogP contribution < -0.4 is 15.8 Å². The fourth-order valence-corrected chi connectivity index (χ4v) is 3.03. The second kappa shape index (κ2) is 7.46. The Morgan fingerprint density at radius 1 is 1.32 bits per heavy atom. The molecule has 0 spiro atoms. The van der Waals surface area contributed by atoms with Crippen LogP contribution in [0.3, 0.4) is 0 Å². The minimum Gasteiger partial charge on any atom is -0.370 e. The molecule has 1 aromatic heterocycles. The van der Waals surface area contributed by atoms with Gasteiger partial charge in [-0.1, -0.05) is 12.1 Å². The highest BCUT2D eigenvalue weighted by Crippen LogP contribution is 2.17. The van der Waals surface area contributed by atoms with Crippen molar-refractivity contribution in [2.45, 2.75) is 25.3 Å². The Hall–Kier alpha value is -2.70. The number of aromatic nitrogens is 2. The molecule has 1 amide bonds. The van der Waals surface area contributed by atoms with E-state index >= 15 is 0 Å². The van der Waals surface area contributed by atoms with Gasteiger partial charge in [-0.05, 0) is 30.5 Å². The summed E-state index contributed by atoms with van der Waals surface area (Å²) in [4.78, 5) is 25.9. The zero-order chi connectivity index (χ0) is 17.8. The van der Waals surface area contributed by atoms with Crippen molar-refractivity contribution >= 4 is 11.6 Å². The van der Waals surface area contributed by atoms with Gasteiger partial charge in [0.05, 0.1) is 18.3 Å². The van der Waals surface area contributed by atoms with Crippen molar-refractivity contribution in [3.05, 3.63) is 58.3 Å². The van der Waals surface area contributed by atoms with E-state index in [0.29, 0.717) is 5.56 Å². The molecule has 2 aromatic rings. The van der Waals surface area contributed by atoms with Crippen molar-refractivity contribution in [1.29, 1.82) is 0 Å². The summed E-state index contributed by atoms with van der Waals surface area (Å²) < 4.78 is 14.5. The topological polar surface area (TPSA) is 67.2 Å². The second-order valence-corrected chi connectivity index (χ2v) is 6.31. The first-order valence-corrected chi connectivity index (χ1v) is 8.33.